The molecule has 1 saturated heterocycles. The highest BCUT2D eigenvalue weighted by molar-refractivity contribution is 5.99. The number of carbonyl (C=O) groups is 2. The summed E-state index contributed by atoms with van der Waals surface area (Å²) in [7, 11) is 3.07. The first kappa shape index (κ1) is 19.1. The molecule has 2 amide bonds. The smallest absolute Gasteiger partial charge is 0.259 e. The summed E-state index contributed by atoms with van der Waals surface area (Å²) in [6, 6.07) is 5.32. The SMILES string of the molecule is CCCCC(=O)N1CCC(NC(=O)c2c(OC)cccc2OC)CC1. The zero-order valence-corrected chi connectivity index (χ0v) is 15.3. The van der Waals surface area contributed by atoms with Gasteiger partial charge in [0.25, 0.3) is 5.91 Å². The van der Waals surface area contributed by atoms with Crippen molar-refractivity contribution in [3.63, 3.8) is 0 Å². The maximum Gasteiger partial charge on any atom is 0.259 e. The molecule has 138 valence electrons. The Kier molecular flexibility index (Phi) is 7.10. The molecule has 0 radical (unpaired) electrons. The maximum atomic E-state index is 12.7. The van der Waals surface area contributed by atoms with Crippen molar-refractivity contribution in [1.29, 1.82) is 0 Å². The van der Waals surface area contributed by atoms with Gasteiger partial charge >= 0.3 is 0 Å². The number of hydrogen-bond acceptors (Lipinski definition) is 4. The summed E-state index contributed by atoms with van der Waals surface area (Å²) in [5.41, 5.74) is 0.411. The number of piperidine rings is 1. The number of likely N-dealkylation sites (tertiary alicyclic amines) is 1. The van der Waals surface area contributed by atoms with Gasteiger partial charge in [-0.05, 0) is 31.4 Å². The van der Waals surface area contributed by atoms with Crippen LogP contribution in [0.4, 0.5) is 0 Å². The van der Waals surface area contributed by atoms with Crippen molar-refractivity contribution >= 4 is 11.8 Å². The Morgan fingerprint density at radius 3 is 2.28 bits per heavy atom. The summed E-state index contributed by atoms with van der Waals surface area (Å²) in [5.74, 6) is 0.996. The Hall–Kier alpha value is -2.24. The van der Waals surface area contributed by atoms with Crippen LogP contribution in [-0.2, 0) is 4.79 Å². The van der Waals surface area contributed by atoms with E-state index in [2.05, 4.69) is 12.2 Å². The summed E-state index contributed by atoms with van der Waals surface area (Å²) in [6.45, 7) is 3.47. The first-order chi connectivity index (χ1) is 12.1. The molecule has 0 aromatic heterocycles. The third kappa shape index (κ3) is 4.87. The molecule has 0 aliphatic carbocycles. The molecule has 6 heteroatoms. The van der Waals surface area contributed by atoms with E-state index >= 15 is 0 Å². The highest BCUT2D eigenvalue weighted by Crippen LogP contribution is 2.28. The van der Waals surface area contributed by atoms with E-state index in [0.29, 0.717) is 36.6 Å². The highest BCUT2D eigenvalue weighted by Gasteiger charge is 2.26. The van der Waals surface area contributed by atoms with Gasteiger partial charge in [0.1, 0.15) is 17.1 Å². The van der Waals surface area contributed by atoms with E-state index in [1.165, 1.54) is 14.2 Å². The monoisotopic (exact) mass is 348 g/mol. The van der Waals surface area contributed by atoms with E-state index in [1.807, 2.05) is 4.90 Å². The van der Waals surface area contributed by atoms with E-state index in [4.69, 9.17) is 9.47 Å². The molecule has 2 rings (SSSR count). The fourth-order valence-electron chi connectivity index (χ4n) is 3.09. The van der Waals surface area contributed by atoms with Crippen LogP contribution in [0.2, 0.25) is 0 Å². The maximum absolute atomic E-state index is 12.7. The normalized spacial score (nSPS) is 14.9. The predicted octanol–water partition coefficient (Wildman–Crippen LogP) is 2.61. The molecule has 1 aromatic rings. The number of nitrogens with zero attached hydrogens (tertiary/aromatic N) is 1. The zero-order valence-electron chi connectivity index (χ0n) is 15.3. The van der Waals surface area contributed by atoms with Gasteiger partial charge in [0.15, 0.2) is 0 Å². The number of carbonyl (C=O) groups excluding carboxylic acids is 2. The Morgan fingerprint density at radius 2 is 1.76 bits per heavy atom. The predicted molar refractivity (Wildman–Crippen MR) is 96.1 cm³/mol. The van der Waals surface area contributed by atoms with Gasteiger partial charge in [0, 0.05) is 25.6 Å². The number of rotatable bonds is 7. The van der Waals surface area contributed by atoms with Crippen molar-refractivity contribution in [2.24, 2.45) is 0 Å². The molecule has 0 unspecified atom stereocenters. The van der Waals surface area contributed by atoms with Gasteiger partial charge in [-0.2, -0.15) is 0 Å². The largest absolute Gasteiger partial charge is 0.496 e. The second-order valence-electron chi connectivity index (χ2n) is 6.27. The summed E-state index contributed by atoms with van der Waals surface area (Å²) < 4.78 is 10.6. The second-order valence-corrected chi connectivity index (χ2v) is 6.27. The highest BCUT2D eigenvalue weighted by atomic mass is 16.5. The molecule has 1 fully saturated rings. The molecule has 1 heterocycles. The number of benzene rings is 1. The van der Waals surface area contributed by atoms with Crippen LogP contribution in [0.3, 0.4) is 0 Å². The number of hydrogen-bond donors (Lipinski definition) is 1. The average molecular weight is 348 g/mol. The molecule has 6 nitrogen and oxygen atoms in total. The first-order valence-corrected chi connectivity index (χ1v) is 8.90. The van der Waals surface area contributed by atoms with Gasteiger partial charge in [0.05, 0.1) is 14.2 Å². The molecule has 25 heavy (non-hydrogen) atoms. The quantitative estimate of drug-likeness (QED) is 0.822. The fraction of sp³-hybridized carbons (Fsp3) is 0.579. The van der Waals surface area contributed by atoms with E-state index in [1.54, 1.807) is 18.2 Å². The van der Waals surface area contributed by atoms with Gasteiger partial charge in [-0.15, -0.1) is 0 Å². The zero-order chi connectivity index (χ0) is 18.2. The van der Waals surface area contributed by atoms with Crippen LogP contribution >= 0.6 is 0 Å². The minimum Gasteiger partial charge on any atom is -0.496 e. The van der Waals surface area contributed by atoms with Crippen LogP contribution in [0, 0.1) is 0 Å². The standard InChI is InChI=1S/C19H28N2O4/c1-4-5-9-17(22)21-12-10-14(11-13-21)20-19(23)18-15(24-2)7-6-8-16(18)25-3/h6-8,14H,4-5,9-13H2,1-3H3,(H,20,23). The Labute approximate surface area is 149 Å². The molecule has 1 N–H and O–H groups in total. The van der Waals surface area contributed by atoms with Crippen LogP contribution in [0.25, 0.3) is 0 Å². The Bertz CT molecular complexity index is 573. The van der Waals surface area contributed by atoms with E-state index < -0.39 is 0 Å². The van der Waals surface area contributed by atoms with Crippen molar-refractivity contribution in [3.8, 4) is 11.5 Å². The van der Waals surface area contributed by atoms with Crippen molar-refractivity contribution < 1.29 is 19.1 Å². The number of amides is 2. The van der Waals surface area contributed by atoms with Crippen LogP contribution < -0.4 is 14.8 Å². The van der Waals surface area contributed by atoms with Gasteiger partial charge in [0.2, 0.25) is 5.91 Å². The molecule has 1 aliphatic heterocycles. The lowest BCUT2D eigenvalue weighted by atomic mass is 10.0. The number of nitrogens with one attached hydrogen (secondary N) is 1. The topological polar surface area (TPSA) is 67.9 Å². The molecule has 0 atom stereocenters. The van der Waals surface area contributed by atoms with Crippen LogP contribution in [0.1, 0.15) is 49.4 Å². The number of methoxy groups -OCH3 is 2. The van der Waals surface area contributed by atoms with Crippen LogP contribution in [0.15, 0.2) is 18.2 Å². The first-order valence-electron chi connectivity index (χ1n) is 8.90. The van der Waals surface area contributed by atoms with Crippen molar-refractivity contribution in [2.45, 2.75) is 45.1 Å². The third-order valence-electron chi connectivity index (χ3n) is 4.58. The molecule has 0 bridgehead atoms. The number of ether oxygens (including phenoxy) is 2. The Balaban J connectivity index is 1.94. The van der Waals surface area contributed by atoms with Gasteiger partial charge in [-0.1, -0.05) is 19.4 Å². The number of unbranched alkanes of at least 4 members (excludes halogenated alkanes) is 1. The summed E-state index contributed by atoms with van der Waals surface area (Å²) in [5, 5.41) is 3.05. The van der Waals surface area contributed by atoms with Crippen molar-refractivity contribution in [1.82, 2.24) is 10.2 Å². The molecular weight excluding hydrogens is 320 g/mol. The van der Waals surface area contributed by atoms with Gasteiger partial charge < -0.3 is 19.7 Å². The van der Waals surface area contributed by atoms with Gasteiger partial charge in [-0.3, -0.25) is 9.59 Å². The lowest BCUT2D eigenvalue weighted by molar-refractivity contribution is -0.132. The molecule has 1 aliphatic rings. The van der Waals surface area contributed by atoms with Crippen LogP contribution in [0.5, 0.6) is 11.5 Å². The molecule has 0 spiro atoms. The second kappa shape index (κ2) is 9.30. The summed E-state index contributed by atoms with van der Waals surface area (Å²) >= 11 is 0. The Morgan fingerprint density at radius 1 is 1.16 bits per heavy atom. The fourth-order valence-corrected chi connectivity index (χ4v) is 3.09. The molecule has 1 aromatic carbocycles. The van der Waals surface area contributed by atoms with Crippen molar-refractivity contribution in [3.05, 3.63) is 23.8 Å². The van der Waals surface area contributed by atoms with E-state index in [-0.39, 0.29) is 17.9 Å². The van der Waals surface area contributed by atoms with E-state index in [0.717, 1.165) is 25.7 Å². The third-order valence-corrected chi connectivity index (χ3v) is 4.58. The minimum atomic E-state index is -0.204. The molecular formula is C19H28N2O4. The summed E-state index contributed by atoms with van der Waals surface area (Å²) in [4.78, 5) is 26.7. The lowest BCUT2D eigenvalue weighted by Crippen LogP contribution is -2.46. The minimum absolute atomic E-state index is 0.0531. The van der Waals surface area contributed by atoms with E-state index in [9.17, 15) is 9.59 Å². The molecule has 0 saturated carbocycles. The van der Waals surface area contributed by atoms with Crippen LogP contribution in [-0.4, -0.2) is 50.1 Å². The lowest BCUT2D eigenvalue weighted by Gasteiger charge is -2.32. The van der Waals surface area contributed by atoms with Crippen molar-refractivity contribution in [2.75, 3.05) is 27.3 Å². The average Bonchev–Trinajstić information content (AvgIpc) is 2.65. The summed E-state index contributed by atoms with van der Waals surface area (Å²) in [6.07, 6.45) is 4.11. The van der Waals surface area contributed by atoms with Gasteiger partial charge in [-0.25, -0.2) is 0 Å².